The van der Waals surface area contributed by atoms with Crippen LogP contribution in [-0.4, -0.2) is 176 Å². The summed E-state index contributed by atoms with van der Waals surface area (Å²) < 4.78 is 63.8. The average molecular weight is 1710 g/mol. The van der Waals surface area contributed by atoms with Crippen molar-refractivity contribution in [3.05, 3.63) is 207 Å². The van der Waals surface area contributed by atoms with Crippen molar-refractivity contribution in [3.8, 4) is 23.0 Å². The lowest BCUT2D eigenvalue weighted by Crippen LogP contribution is -2.81. The van der Waals surface area contributed by atoms with Gasteiger partial charge in [-0.3, -0.25) is 29.1 Å². The SMILES string of the molecule is CCOC(=O)c1cncc(NC23CC(NC(=O)COc4ccc(Cl)c(F)c4)(C2)C3)c1.COC(=O)c1ccnc(NC23CC(NC(=O)COc4ccc(Cl)c(F)c4)(C2)C3)c1.Cc1cc(OCC(=O)NC23CC(Nc4cc(N5CCOCC5)ccn4)(C2)C3)ccc1Cl.Cc1cc(OCC(=O)NC23CC(Nc4cnc5nccnc5c4)(C2)C3)ccc1Cl. The number of nitrogens with zero attached hydrogens (tertiary/aromatic N) is 7. The zero-order valence-corrected chi connectivity index (χ0v) is 68.5. The molecule has 6 heterocycles. The second-order valence-electron chi connectivity index (χ2n) is 32.4. The number of methoxy groups -OCH3 is 1. The van der Waals surface area contributed by atoms with E-state index in [1.807, 2.05) is 44.3 Å². The fraction of sp³-hybridized carbons (Fsp3) is 0.388. The molecular weight excluding hydrogens is 1620 g/mol. The molecule has 12 saturated carbocycles. The lowest BCUT2D eigenvalue weighted by molar-refractivity contribution is -0.136. The third kappa shape index (κ3) is 19.1. The number of halogens is 6. The largest absolute Gasteiger partial charge is 0.484 e. The molecule has 4 aromatic carbocycles. The van der Waals surface area contributed by atoms with Crippen LogP contribution in [0.2, 0.25) is 20.1 Å². The smallest absolute Gasteiger partial charge is 0.339 e. The molecule has 622 valence electrons. The average Bonchev–Trinajstić information content (AvgIpc) is 0.697. The van der Waals surface area contributed by atoms with Crippen LogP contribution in [-0.2, 0) is 33.4 Å². The Kier molecular flexibility index (Phi) is 23.6. The Labute approximate surface area is 703 Å². The van der Waals surface area contributed by atoms with Crippen LogP contribution in [0.25, 0.3) is 11.2 Å². The van der Waals surface area contributed by atoms with Crippen molar-refractivity contribution in [1.82, 2.24) is 51.2 Å². The van der Waals surface area contributed by atoms with Crippen LogP contribution in [0, 0.1) is 25.5 Å². The van der Waals surface area contributed by atoms with E-state index in [2.05, 4.69) is 83.4 Å². The Morgan fingerprint density at radius 1 is 0.437 bits per heavy atom. The molecule has 13 aliphatic rings. The number of hydrogen-bond acceptors (Lipinski definition) is 24. The van der Waals surface area contributed by atoms with Crippen LogP contribution < -0.4 is 66.4 Å². The van der Waals surface area contributed by atoms with E-state index in [0.29, 0.717) is 50.7 Å². The Morgan fingerprint density at radius 3 is 1.30 bits per heavy atom. The van der Waals surface area contributed by atoms with Crippen molar-refractivity contribution >= 4 is 122 Å². The summed E-state index contributed by atoms with van der Waals surface area (Å²) in [6.07, 6.45) is 21.6. The van der Waals surface area contributed by atoms with E-state index in [1.165, 1.54) is 43.3 Å². The van der Waals surface area contributed by atoms with Gasteiger partial charge in [0, 0.05) is 129 Å². The molecule has 22 rings (SSSR count). The molecule has 1 saturated heterocycles. The van der Waals surface area contributed by atoms with E-state index >= 15 is 0 Å². The zero-order chi connectivity index (χ0) is 83.5. The number of carbonyl (C=O) groups excluding carboxylic acids is 6. The molecule has 0 unspecified atom stereocenters. The minimum atomic E-state index is -0.595. The zero-order valence-electron chi connectivity index (χ0n) is 65.5. The highest BCUT2D eigenvalue weighted by atomic mass is 35.5. The predicted octanol–water partition coefficient (Wildman–Crippen LogP) is 12.7. The maximum absolute atomic E-state index is 13.4. The number of pyridine rings is 4. The molecule has 13 fully saturated rings. The number of rotatable bonds is 28. The Bertz CT molecular complexity index is 5320. The summed E-state index contributed by atoms with van der Waals surface area (Å²) in [4.78, 5) is 101. The number of esters is 2. The summed E-state index contributed by atoms with van der Waals surface area (Å²) >= 11 is 23.3. The first kappa shape index (κ1) is 82.9. The predicted molar refractivity (Wildman–Crippen MR) is 442 cm³/mol. The number of nitrogens with one attached hydrogen (secondary N) is 8. The molecule has 12 aliphatic carbocycles. The minimum Gasteiger partial charge on any atom is -0.484 e. The summed E-state index contributed by atoms with van der Waals surface area (Å²) in [6.45, 7) is 8.81. The fourth-order valence-electron chi connectivity index (χ4n) is 17.8. The molecule has 4 amide bonds. The van der Waals surface area contributed by atoms with E-state index in [0.717, 1.165) is 149 Å². The Morgan fingerprint density at radius 2 is 0.857 bits per heavy atom. The molecule has 9 aromatic rings. The van der Waals surface area contributed by atoms with Gasteiger partial charge in [-0.2, -0.15) is 0 Å². The number of hydrogen-bond donors (Lipinski definition) is 8. The minimum absolute atomic E-state index is 0.0000732. The first-order valence-corrected chi connectivity index (χ1v) is 40.4. The monoisotopic (exact) mass is 1700 g/mol. The van der Waals surface area contributed by atoms with Gasteiger partial charge in [-0.05, 0) is 200 Å². The molecule has 5 aromatic heterocycles. The van der Waals surface area contributed by atoms with E-state index in [-0.39, 0.29) is 116 Å². The van der Waals surface area contributed by atoms with Gasteiger partial charge >= 0.3 is 11.9 Å². The van der Waals surface area contributed by atoms with E-state index in [4.69, 9.17) is 79.6 Å². The lowest BCUT2D eigenvalue weighted by Gasteiger charge is -2.70. The number of aromatic nitrogens is 6. The van der Waals surface area contributed by atoms with Gasteiger partial charge in [0.1, 0.15) is 51.8 Å². The first-order chi connectivity index (χ1) is 57.0. The van der Waals surface area contributed by atoms with E-state index < -0.39 is 23.6 Å². The number of benzene rings is 4. The summed E-state index contributed by atoms with van der Waals surface area (Å²) in [5.41, 5.74) is 6.03. The van der Waals surface area contributed by atoms with Gasteiger partial charge in [0.25, 0.3) is 23.6 Å². The third-order valence-electron chi connectivity index (χ3n) is 22.7. The number of anilines is 5. The van der Waals surface area contributed by atoms with Crippen molar-refractivity contribution in [2.75, 3.05) is 92.6 Å². The van der Waals surface area contributed by atoms with Gasteiger partial charge < -0.3 is 80.6 Å². The van der Waals surface area contributed by atoms with Gasteiger partial charge in [0.2, 0.25) is 0 Å². The van der Waals surface area contributed by atoms with Crippen LogP contribution in [0.1, 0.15) is 116 Å². The molecule has 119 heavy (non-hydrogen) atoms. The number of ether oxygens (including phenoxy) is 7. The van der Waals surface area contributed by atoms with Crippen molar-refractivity contribution < 1.29 is 70.7 Å². The van der Waals surface area contributed by atoms with Gasteiger partial charge in [-0.1, -0.05) is 46.4 Å². The molecule has 28 nitrogen and oxygen atoms in total. The van der Waals surface area contributed by atoms with Gasteiger partial charge in [-0.15, -0.1) is 0 Å². The Hall–Kier alpha value is -11.2. The number of aryl methyl sites for hydroxylation is 2. The van der Waals surface area contributed by atoms with Gasteiger partial charge in [0.05, 0.1) is 65.7 Å². The maximum atomic E-state index is 13.4. The number of fused-ring (bicyclic) bond motifs is 1. The fourth-order valence-corrected chi connectivity index (χ4v) is 18.3. The van der Waals surface area contributed by atoms with Crippen LogP contribution in [0.5, 0.6) is 23.0 Å². The highest BCUT2D eigenvalue weighted by Gasteiger charge is 2.71. The van der Waals surface area contributed by atoms with Crippen LogP contribution in [0.15, 0.2) is 153 Å². The van der Waals surface area contributed by atoms with E-state index in [1.54, 1.807) is 80.4 Å². The normalized spacial score (nSPS) is 24.6. The van der Waals surface area contributed by atoms with Crippen molar-refractivity contribution in [3.63, 3.8) is 0 Å². The number of morpholine rings is 1. The van der Waals surface area contributed by atoms with Crippen molar-refractivity contribution in [2.24, 2.45) is 0 Å². The number of carbonyl (C=O) groups is 6. The molecule has 1 aliphatic heterocycles. The topological polar surface area (TPSA) is 344 Å². The van der Waals surface area contributed by atoms with Crippen LogP contribution in [0.4, 0.5) is 37.5 Å². The van der Waals surface area contributed by atoms with E-state index in [9.17, 15) is 37.5 Å². The molecule has 0 radical (unpaired) electrons. The molecule has 8 N–H and O–H groups in total. The van der Waals surface area contributed by atoms with Gasteiger partial charge in [-0.25, -0.2) is 38.3 Å². The summed E-state index contributed by atoms with van der Waals surface area (Å²) in [5, 5.41) is 27.6. The molecule has 8 bridgehead atoms. The van der Waals surface area contributed by atoms with Crippen LogP contribution >= 0.6 is 46.4 Å². The standard InChI is InChI=1S/C23H27ClN4O3.C21H21ClFN3O4.C21H20ClN5O2.C20H19ClFN3O4/c1-16-10-18(2-3-19(16)24)31-12-21(29)27-23-13-22(14-23,15-23)26-20-11-17(4-5-25-20)28-6-8-30-9-7-28;1-2-29-19(28)13-5-14(8-24-7-13)25-20-10-21(11-20,12-20)26-18(27)9-30-15-3-4-16(22)17(23)6-15;1-13-6-15(2-3-16(13)22)29-9-18(28)27-21-10-20(11-21,12-21)26-14-7-17-19(25-8-14)24-5-4-23-17;1-28-18(27)12-4-5-23-16(6-12)24-19-9-20(10-19,11-19)25-17(26)8-29-13-2-3-14(21)15(22)7-13/h2-5,10-11H,6-9,12-15H2,1H3,(H,25,26)(H,27,29);3-8,25H,2,9-12H2,1H3,(H,26,27);2-8,26H,9-12H2,1H3,(H,27,28);2-7H,8-11H2,1H3,(H,23,24)(H,25,26). The van der Waals surface area contributed by atoms with Gasteiger partial charge in [0.15, 0.2) is 32.1 Å². The maximum Gasteiger partial charge on any atom is 0.339 e. The van der Waals surface area contributed by atoms with Crippen LogP contribution in [0.3, 0.4) is 0 Å². The molecular formula is C85H87Cl4F2N15O13. The van der Waals surface area contributed by atoms with Crippen molar-refractivity contribution in [1.29, 1.82) is 0 Å². The summed E-state index contributed by atoms with van der Waals surface area (Å²) in [6, 6.07) is 29.9. The van der Waals surface area contributed by atoms with Crippen molar-refractivity contribution in [2.45, 2.75) is 142 Å². The summed E-state index contributed by atoms with van der Waals surface area (Å²) in [5.74, 6) is 0.546. The first-order valence-electron chi connectivity index (χ1n) is 38.9. The lowest BCUT2D eigenvalue weighted by atomic mass is 9.44. The summed E-state index contributed by atoms with van der Waals surface area (Å²) in [7, 11) is 1.33. The number of amides is 4. The molecule has 0 atom stereocenters. The molecule has 0 spiro atoms. The third-order valence-corrected chi connectivity index (χ3v) is 24.2. The highest BCUT2D eigenvalue weighted by Crippen LogP contribution is 2.64. The Balaban J connectivity index is 0.000000124. The second kappa shape index (κ2) is 33.9. The quantitative estimate of drug-likeness (QED) is 0.0211. The molecule has 34 heteroatoms. The second-order valence-corrected chi connectivity index (χ2v) is 34.0. The highest BCUT2D eigenvalue weighted by molar-refractivity contribution is 6.32.